The van der Waals surface area contributed by atoms with E-state index in [9.17, 15) is 4.79 Å². The van der Waals surface area contributed by atoms with Gasteiger partial charge in [-0.25, -0.2) is 4.79 Å². The number of hydrogen-bond acceptors (Lipinski definition) is 4. The molecule has 0 radical (unpaired) electrons. The summed E-state index contributed by atoms with van der Waals surface area (Å²) in [6, 6.07) is 21.7. The summed E-state index contributed by atoms with van der Waals surface area (Å²) in [5.74, 6) is 0.906. The molecule has 1 aliphatic heterocycles. The number of nitrogens with zero attached hydrogens (tertiary/aromatic N) is 3. The summed E-state index contributed by atoms with van der Waals surface area (Å²) in [4.78, 5) is 20.0. The molecule has 6 nitrogen and oxygen atoms in total. The largest absolute Gasteiger partial charge is 0.334 e. The van der Waals surface area contributed by atoms with Crippen LogP contribution < -0.4 is 10.2 Å². The highest BCUT2D eigenvalue weighted by Gasteiger charge is 2.36. The summed E-state index contributed by atoms with van der Waals surface area (Å²) in [7, 11) is 0. The zero-order chi connectivity index (χ0) is 25.4. The number of aryl methyl sites for hydroxylation is 4. The van der Waals surface area contributed by atoms with E-state index in [-0.39, 0.29) is 6.03 Å². The average molecular weight is 479 g/mol. The zero-order valence-electron chi connectivity index (χ0n) is 21.3. The molecule has 1 aliphatic rings. The van der Waals surface area contributed by atoms with Gasteiger partial charge < -0.3 is 9.84 Å². The first-order valence-corrected chi connectivity index (χ1v) is 12.2. The van der Waals surface area contributed by atoms with Gasteiger partial charge >= 0.3 is 6.03 Å². The van der Waals surface area contributed by atoms with Gasteiger partial charge in [0.2, 0.25) is 5.82 Å². The highest BCUT2D eigenvalue weighted by molar-refractivity contribution is 6.01. The Labute approximate surface area is 211 Å². The van der Waals surface area contributed by atoms with Gasteiger partial charge in [0.25, 0.3) is 5.89 Å². The van der Waals surface area contributed by atoms with E-state index in [1.165, 1.54) is 5.56 Å². The highest BCUT2D eigenvalue weighted by Crippen LogP contribution is 2.39. The molecule has 0 saturated carbocycles. The first-order chi connectivity index (χ1) is 17.4. The van der Waals surface area contributed by atoms with Crippen molar-refractivity contribution in [2.75, 3.05) is 4.90 Å². The van der Waals surface area contributed by atoms with Gasteiger partial charge in [0, 0.05) is 11.3 Å². The molecule has 4 aromatic rings. The Hall–Kier alpha value is -4.19. The van der Waals surface area contributed by atoms with Crippen molar-refractivity contribution in [1.82, 2.24) is 15.5 Å². The van der Waals surface area contributed by atoms with E-state index < -0.39 is 6.04 Å². The van der Waals surface area contributed by atoms with Crippen LogP contribution in [0.25, 0.3) is 17.0 Å². The summed E-state index contributed by atoms with van der Waals surface area (Å²) in [5, 5.41) is 7.48. The minimum Gasteiger partial charge on any atom is -0.334 e. The minimum absolute atomic E-state index is 0.189. The molecule has 3 aromatic carbocycles. The molecule has 1 unspecified atom stereocenters. The number of hydrogen-bond donors (Lipinski definition) is 1. The maximum atomic E-state index is 13.5. The Morgan fingerprint density at radius 2 is 1.72 bits per heavy atom. The monoisotopic (exact) mass is 478 g/mol. The third-order valence-corrected chi connectivity index (χ3v) is 6.89. The van der Waals surface area contributed by atoms with Crippen molar-refractivity contribution in [3.63, 3.8) is 0 Å². The second kappa shape index (κ2) is 9.46. The summed E-state index contributed by atoms with van der Waals surface area (Å²) in [6.45, 7) is 10.2. The first kappa shape index (κ1) is 23.5. The predicted octanol–water partition coefficient (Wildman–Crippen LogP) is 6.93. The van der Waals surface area contributed by atoms with E-state index in [4.69, 9.17) is 9.51 Å². The summed E-state index contributed by atoms with van der Waals surface area (Å²) >= 11 is 0. The molecule has 0 bridgehead atoms. The second-order valence-corrected chi connectivity index (χ2v) is 9.37. The van der Waals surface area contributed by atoms with E-state index in [1.54, 1.807) is 4.90 Å². The van der Waals surface area contributed by atoms with Crippen LogP contribution in [0.15, 0.2) is 77.0 Å². The Bertz CT molecular complexity index is 1470. The average Bonchev–Trinajstić information content (AvgIpc) is 3.35. The topological polar surface area (TPSA) is 71.3 Å². The number of urea groups is 1. The second-order valence-electron chi connectivity index (χ2n) is 9.37. The fourth-order valence-electron chi connectivity index (χ4n) is 4.59. The number of nitrogens with one attached hydrogen (secondary N) is 1. The molecular formula is C30H30N4O2. The van der Waals surface area contributed by atoms with Crippen LogP contribution in [-0.4, -0.2) is 16.2 Å². The van der Waals surface area contributed by atoms with Crippen molar-refractivity contribution in [3.8, 4) is 11.4 Å². The molecule has 36 heavy (non-hydrogen) atoms. The van der Waals surface area contributed by atoms with Crippen LogP contribution in [0.4, 0.5) is 10.5 Å². The van der Waals surface area contributed by atoms with Crippen LogP contribution >= 0.6 is 0 Å². The van der Waals surface area contributed by atoms with E-state index in [0.29, 0.717) is 11.7 Å². The summed E-state index contributed by atoms with van der Waals surface area (Å²) in [5.41, 5.74) is 8.87. The number of aromatic nitrogens is 2. The number of amides is 2. The van der Waals surface area contributed by atoms with Crippen molar-refractivity contribution in [3.05, 3.63) is 106 Å². The maximum absolute atomic E-state index is 13.5. The Balaban J connectivity index is 1.66. The van der Waals surface area contributed by atoms with Crippen LogP contribution in [0.2, 0.25) is 0 Å². The maximum Gasteiger partial charge on any atom is 0.326 e. The lowest BCUT2D eigenvalue weighted by Gasteiger charge is -2.35. The van der Waals surface area contributed by atoms with Crippen LogP contribution in [0, 0.1) is 20.8 Å². The normalized spacial score (nSPS) is 15.9. The molecule has 5 rings (SSSR count). The van der Waals surface area contributed by atoms with E-state index >= 15 is 0 Å². The van der Waals surface area contributed by atoms with Crippen molar-refractivity contribution < 1.29 is 9.32 Å². The van der Waals surface area contributed by atoms with Gasteiger partial charge in [-0.1, -0.05) is 72.2 Å². The first-order valence-electron chi connectivity index (χ1n) is 12.2. The smallest absolute Gasteiger partial charge is 0.326 e. The third-order valence-electron chi connectivity index (χ3n) is 6.89. The van der Waals surface area contributed by atoms with E-state index in [2.05, 4.69) is 49.4 Å². The molecule has 2 amide bonds. The van der Waals surface area contributed by atoms with Crippen LogP contribution in [0.5, 0.6) is 0 Å². The third kappa shape index (κ3) is 4.31. The van der Waals surface area contributed by atoms with Crippen molar-refractivity contribution in [2.45, 2.75) is 47.1 Å². The zero-order valence-corrected chi connectivity index (χ0v) is 21.3. The number of rotatable bonds is 5. The van der Waals surface area contributed by atoms with Crippen molar-refractivity contribution >= 4 is 17.3 Å². The predicted molar refractivity (Wildman–Crippen MR) is 143 cm³/mol. The number of benzene rings is 3. The highest BCUT2D eigenvalue weighted by atomic mass is 16.5. The molecular weight excluding hydrogens is 448 g/mol. The summed E-state index contributed by atoms with van der Waals surface area (Å²) < 4.78 is 5.83. The molecule has 0 spiro atoms. The van der Waals surface area contributed by atoms with E-state index in [0.717, 1.165) is 51.2 Å². The Kier molecular flexibility index (Phi) is 6.18. The molecule has 2 heterocycles. The van der Waals surface area contributed by atoms with E-state index in [1.807, 2.05) is 62.4 Å². The van der Waals surface area contributed by atoms with Gasteiger partial charge in [0.05, 0.1) is 17.3 Å². The number of anilines is 1. The molecule has 0 aliphatic carbocycles. The van der Waals surface area contributed by atoms with Crippen molar-refractivity contribution in [1.29, 1.82) is 0 Å². The van der Waals surface area contributed by atoms with Gasteiger partial charge in [-0.15, -0.1) is 0 Å². The van der Waals surface area contributed by atoms with Gasteiger partial charge in [-0.05, 0) is 68.5 Å². The molecule has 1 N–H and O–H groups in total. The molecule has 1 aromatic heterocycles. The van der Waals surface area contributed by atoms with Gasteiger partial charge in [-0.3, -0.25) is 4.90 Å². The fourth-order valence-corrected chi connectivity index (χ4v) is 4.59. The number of allylic oxidation sites excluding steroid dienone is 1. The molecule has 0 fully saturated rings. The van der Waals surface area contributed by atoms with Crippen molar-refractivity contribution in [2.24, 2.45) is 0 Å². The quantitative estimate of drug-likeness (QED) is 0.338. The Morgan fingerprint density at radius 3 is 2.44 bits per heavy atom. The molecule has 6 heteroatoms. The molecule has 0 saturated heterocycles. The van der Waals surface area contributed by atoms with Gasteiger partial charge in [-0.2, -0.15) is 4.98 Å². The van der Waals surface area contributed by atoms with Gasteiger partial charge in [0.15, 0.2) is 0 Å². The van der Waals surface area contributed by atoms with Gasteiger partial charge in [0.1, 0.15) is 0 Å². The lowest BCUT2D eigenvalue weighted by Crippen LogP contribution is -2.46. The molecule has 1 atom stereocenters. The molecule has 182 valence electrons. The SMILES string of the molecule is CCc1cccc(N2C(=O)NC(c3ccc(C)c(C)c3)C(c3nc(-c4ccc(C)cc4)no3)=C2C)c1. The van der Waals surface area contributed by atoms with Crippen LogP contribution in [0.3, 0.4) is 0 Å². The lowest BCUT2D eigenvalue weighted by molar-refractivity contribution is 0.244. The summed E-state index contributed by atoms with van der Waals surface area (Å²) in [6.07, 6.45) is 0.883. The number of carbonyl (C=O) groups is 1. The van der Waals surface area contributed by atoms with Crippen LogP contribution in [0.1, 0.15) is 53.6 Å². The van der Waals surface area contributed by atoms with Crippen LogP contribution in [-0.2, 0) is 6.42 Å². The minimum atomic E-state index is -0.422. The number of carbonyl (C=O) groups excluding carboxylic acids is 1. The Morgan fingerprint density at radius 1 is 0.944 bits per heavy atom. The fraction of sp³-hybridized carbons (Fsp3) is 0.233. The standard InChI is InChI=1S/C30H30N4O2/c1-6-22-8-7-9-25(17-22)34-21(5)26(27(31-30(34)35)24-15-12-19(3)20(4)16-24)29-32-28(33-36-29)23-13-10-18(2)11-14-23/h7-17,27H,6H2,1-5H3,(H,31,35). The lowest BCUT2D eigenvalue weighted by atomic mass is 9.92.